The minimum atomic E-state index is -2.11. The van der Waals surface area contributed by atoms with Gasteiger partial charge in [-0.3, -0.25) is 0 Å². The molecular weight excluding hydrogens is 195 g/mol. The van der Waals surface area contributed by atoms with Crippen LogP contribution in [0.25, 0.3) is 0 Å². The molecular formula is C6H3F5Si. The first-order chi connectivity index (χ1) is 5.46. The molecule has 0 aliphatic heterocycles. The third-order valence-electron chi connectivity index (χ3n) is 1.43. The summed E-state index contributed by atoms with van der Waals surface area (Å²) < 4.78 is 61.7. The van der Waals surface area contributed by atoms with E-state index in [1.165, 1.54) is 0 Å². The molecule has 0 saturated carbocycles. The van der Waals surface area contributed by atoms with Gasteiger partial charge in [0.25, 0.3) is 0 Å². The minimum absolute atomic E-state index is 0.223. The molecule has 6 heteroatoms. The number of benzene rings is 1. The molecule has 0 fully saturated rings. The first kappa shape index (κ1) is 9.18. The number of hydrogen-bond acceptors (Lipinski definition) is 0. The van der Waals surface area contributed by atoms with E-state index < -0.39 is 34.3 Å². The molecule has 0 N–H and O–H groups in total. The second kappa shape index (κ2) is 2.85. The van der Waals surface area contributed by atoms with E-state index in [-0.39, 0.29) is 10.2 Å². The van der Waals surface area contributed by atoms with Crippen LogP contribution >= 0.6 is 0 Å². The third kappa shape index (κ3) is 1.11. The van der Waals surface area contributed by atoms with Gasteiger partial charge >= 0.3 is 0 Å². The highest BCUT2D eigenvalue weighted by atomic mass is 28.1. The Morgan fingerprint density at radius 2 is 0.833 bits per heavy atom. The van der Waals surface area contributed by atoms with Gasteiger partial charge in [0.2, 0.25) is 5.82 Å². The maximum absolute atomic E-state index is 12.4. The lowest BCUT2D eigenvalue weighted by molar-refractivity contribution is 0.384. The molecule has 0 bridgehead atoms. The molecule has 1 aromatic rings. The van der Waals surface area contributed by atoms with Crippen molar-refractivity contribution in [2.24, 2.45) is 0 Å². The van der Waals surface area contributed by atoms with Crippen molar-refractivity contribution in [3.63, 3.8) is 0 Å². The maximum atomic E-state index is 12.4. The average molecular weight is 198 g/mol. The van der Waals surface area contributed by atoms with Crippen molar-refractivity contribution in [3.8, 4) is 0 Å². The lowest BCUT2D eigenvalue weighted by Gasteiger charge is -2.02. The largest absolute Gasteiger partial charge is 0.204 e. The molecule has 0 heterocycles. The van der Waals surface area contributed by atoms with Crippen molar-refractivity contribution in [1.29, 1.82) is 0 Å². The van der Waals surface area contributed by atoms with Gasteiger partial charge in [-0.1, -0.05) is 0 Å². The zero-order chi connectivity index (χ0) is 9.46. The standard InChI is InChI=1S/C6H3F5Si/c7-1-2(8)4(10)6(12)5(11)3(1)9/h12H3. The van der Waals surface area contributed by atoms with E-state index in [2.05, 4.69) is 0 Å². The minimum Gasteiger partial charge on any atom is -0.204 e. The third-order valence-corrected chi connectivity index (χ3v) is 2.31. The molecule has 0 unspecified atom stereocenters. The second-order valence-electron chi connectivity index (χ2n) is 2.19. The van der Waals surface area contributed by atoms with Crippen LogP contribution in [0.1, 0.15) is 0 Å². The molecule has 1 aromatic carbocycles. The highest BCUT2D eigenvalue weighted by molar-refractivity contribution is 6.32. The average Bonchev–Trinajstić information content (AvgIpc) is 2.08. The number of hydrogen-bond donors (Lipinski definition) is 0. The fourth-order valence-electron chi connectivity index (χ4n) is 0.715. The van der Waals surface area contributed by atoms with Gasteiger partial charge in [0.1, 0.15) is 0 Å². The van der Waals surface area contributed by atoms with Crippen LogP contribution in [0.5, 0.6) is 0 Å². The Balaban J connectivity index is 3.60. The van der Waals surface area contributed by atoms with Crippen LogP contribution in [0.2, 0.25) is 0 Å². The van der Waals surface area contributed by atoms with E-state index in [4.69, 9.17) is 0 Å². The summed E-state index contributed by atoms with van der Waals surface area (Å²) in [6.45, 7) is 0. The molecule has 0 spiro atoms. The Bertz CT molecular complexity index is 230. The fraction of sp³-hybridized carbons (Fsp3) is 0. The Kier molecular flexibility index (Phi) is 2.18. The van der Waals surface area contributed by atoms with Crippen LogP contribution in [0.4, 0.5) is 22.0 Å². The van der Waals surface area contributed by atoms with Crippen LogP contribution in [-0.2, 0) is 0 Å². The Labute approximate surface area is 67.4 Å². The molecule has 0 aliphatic carbocycles. The molecule has 0 amide bonds. The fourth-order valence-corrected chi connectivity index (χ4v) is 1.15. The summed E-state index contributed by atoms with van der Waals surface area (Å²) in [5.41, 5.74) is 0. The van der Waals surface area contributed by atoms with Crippen LogP contribution in [-0.4, -0.2) is 10.2 Å². The van der Waals surface area contributed by atoms with Gasteiger partial charge in [0, 0.05) is 15.4 Å². The number of rotatable bonds is 0. The highest BCUT2D eigenvalue weighted by Crippen LogP contribution is 2.14. The SMILES string of the molecule is Fc1c(F)c(F)c([SiH3])c(F)c1F. The molecule has 0 aromatic heterocycles. The number of halogens is 5. The quantitative estimate of drug-likeness (QED) is 0.244. The van der Waals surface area contributed by atoms with Crippen LogP contribution < -0.4 is 5.19 Å². The lowest BCUT2D eigenvalue weighted by Crippen LogP contribution is -2.20. The summed E-state index contributed by atoms with van der Waals surface area (Å²) in [4.78, 5) is 0. The Hall–Kier alpha value is -0.913. The predicted octanol–water partition coefficient (Wildman–Crippen LogP) is 0.373. The molecule has 0 aliphatic rings. The van der Waals surface area contributed by atoms with Crippen molar-refractivity contribution in [3.05, 3.63) is 29.1 Å². The summed E-state index contributed by atoms with van der Waals surface area (Å²) in [5, 5.41) is -0.730. The van der Waals surface area contributed by atoms with Crippen molar-refractivity contribution in [2.75, 3.05) is 0 Å². The molecule has 1 rings (SSSR count). The van der Waals surface area contributed by atoms with Crippen LogP contribution in [0, 0.1) is 29.1 Å². The topological polar surface area (TPSA) is 0 Å². The molecule has 0 radical (unpaired) electrons. The van der Waals surface area contributed by atoms with E-state index in [1.54, 1.807) is 0 Å². The van der Waals surface area contributed by atoms with E-state index >= 15 is 0 Å². The van der Waals surface area contributed by atoms with Gasteiger partial charge in [-0.15, -0.1) is 0 Å². The molecule has 0 saturated heterocycles. The lowest BCUT2D eigenvalue weighted by atomic mass is 10.3. The molecule has 12 heavy (non-hydrogen) atoms. The maximum Gasteiger partial charge on any atom is 0.200 e. The van der Waals surface area contributed by atoms with Crippen molar-refractivity contribution in [2.45, 2.75) is 0 Å². The van der Waals surface area contributed by atoms with Crippen molar-refractivity contribution in [1.82, 2.24) is 0 Å². The van der Waals surface area contributed by atoms with E-state index in [1.807, 2.05) is 0 Å². The van der Waals surface area contributed by atoms with Gasteiger partial charge < -0.3 is 0 Å². The smallest absolute Gasteiger partial charge is 0.200 e. The first-order valence-corrected chi connectivity index (χ1v) is 3.94. The zero-order valence-electron chi connectivity index (χ0n) is 5.89. The molecule has 0 atom stereocenters. The second-order valence-corrected chi connectivity index (χ2v) is 3.19. The summed E-state index contributed by atoms with van der Waals surface area (Å²) in [7, 11) is -0.223. The van der Waals surface area contributed by atoms with Crippen molar-refractivity contribution >= 4 is 15.4 Å². The molecule has 66 valence electrons. The predicted molar refractivity (Wildman–Crippen MR) is 35.8 cm³/mol. The molecule has 0 nitrogen and oxygen atoms in total. The Morgan fingerprint density at radius 1 is 0.583 bits per heavy atom. The van der Waals surface area contributed by atoms with Crippen molar-refractivity contribution < 1.29 is 22.0 Å². The Morgan fingerprint density at radius 3 is 1.17 bits per heavy atom. The van der Waals surface area contributed by atoms with Crippen LogP contribution in [0.3, 0.4) is 0 Å². The highest BCUT2D eigenvalue weighted by Gasteiger charge is 2.22. The summed E-state index contributed by atoms with van der Waals surface area (Å²) >= 11 is 0. The first-order valence-electron chi connectivity index (χ1n) is 2.94. The normalized spacial score (nSPS) is 10.8. The van der Waals surface area contributed by atoms with Gasteiger partial charge in [-0.05, 0) is 0 Å². The van der Waals surface area contributed by atoms with Crippen LogP contribution in [0.15, 0.2) is 0 Å². The van der Waals surface area contributed by atoms with Gasteiger partial charge in [0.05, 0.1) is 0 Å². The summed E-state index contributed by atoms with van der Waals surface area (Å²) in [6, 6.07) is 0. The van der Waals surface area contributed by atoms with Gasteiger partial charge in [-0.2, -0.15) is 0 Å². The van der Waals surface area contributed by atoms with Gasteiger partial charge in [-0.25, -0.2) is 22.0 Å². The van der Waals surface area contributed by atoms with E-state index in [9.17, 15) is 22.0 Å². The van der Waals surface area contributed by atoms with Gasteiger partial charge in [0.15, 0.2) is 23.3 Å². The summed E-state index contributed by atoms with van der Waals surface area (Å²) in [6.07, 6.45) is 0. The van der Waals surface area contributed by atoms with E-state index in [0.29, 0.717) is 0 Å². The zero-order valence-corrected chi connectivity index (χ0v) is 7.89. The van der Waals surface area contributed by atoms with E-state index in [0.717, 1.165) is 0 Å². The summed E-state index contributed by atoms with van der Waals surface area (Å²) in [5.74, 6) is -9.31. The monoisotopic (exact) mass is 198 g/mol.